The highest BCUT2D eigenvalue weighted by Crippen LogP contribution is 2.14. The fraction of sp³-hybridized carbons (Fsp3) is 0.364. The minimum atomic E-state index is 0. The number of hydrogen-bond acceptors (Lipinski definition) is 2. The number of halogens is 2. The lowest BCUT2D eigenvalue weighted by Crippen LogP contribution is -2.23. The van der Waals surface area contributed by atoms with Crippen molar-refractivity contribution in [2.75, 3.05) is 18.4 Å². The van der Waals surface area contributed by atoms with E-state index in [0.717, 1.165) is 17.7 Å². The minimum absolute atomic E-state index is 0. The standard InChI is InChI=1S/C11H18N4.2ClH/c1-2-14-11(13)15-10-6-4-3-5-9(10)7-8-12;;/h3-6H,2,7-8,12H2,1H3,(H3,13,14,15);2*1H. The largest absolute Gasteiger partial charge is 0.370 e. The van der Waals surface area contributed by atoms with Crippen LogP contribution in [0.2, 0.25) is 0 Å². The highest BCUT2D eigenvalue weighted by atomic mass is 35.5. The molecule has 17 heavy (non-hydrogen) atoms. The molecule has 1 aromatic rings. The van der Waals surface area contributed by atoms with Crippen molar-refractivity contribution in [3.8, 4) is 0 Å². The summed E-state index contributed by atoms with van der Waals surface area (Å²) in [6.45, 7) is 3.25. The molecule has 0 radical (unpaired) electrons. The van der Waals surface area contributed by atoms with Gasteiger partial charge < -0.3 is 16.8 Å². The predicted molar refractivity (Wildman–Crippen MR) is 79.5 cm³/mol. The van der Waals surface area contributed by atoms with Gasteiger partial charge in [-0.15, -0.1) is 24.8 Å². The lowest BCUT2D eigenvalue weighted by atomic mass is 10.1. The van der Waals surface area contributed by atoms with Crippen molar-refractivity contribution in [1.82, 2.24) is 0 Å². The molecule has 0 saturated heterocycles. The zero-order valence-corrected chi connectivity index (χ0v) is 11.5. The number of guanidine groups is 1. The molecule has 6 heteroatoms. The maximum atomic E-state index is 5.69. The molecule has 0 atom stereocenters. The monoisotopic (exact) mass is 278 g/mol. The first-order valence-corrected chi connectivity index (χ1v) is 5.12. The van der Waals surface area contributed by atoms with E-state index < -0.39 is 0 Å². The van der Waals surface area contributed by atoms with E-state index in [2.05, 4.69) is 10.3 Å². The van der Waals surface area contributed by atoms with Gasteiger partial charge >= 0.3 is 0 Å². The third-order valence-electron chi connectivity index (χ3n) is 2.02. The van der Waals surface area contributed by atoms with Crippen LogP contribution in [0.4, 0.5) is 5.69 Å². The first-order chi connectivity index (χ1) is 7.27. The van der Waals surface area contributed by atoms with E-state index in [0.29, 0.717) is 19.0 Å². The number of rotatable bonds is 4. The zero-order valence-electron chi connectivity index (χ0n) is 9.85. The van der Waals surface area contributed by atoms with Gasteiger partial charge in [0.15, 0.2) is 5.96 Å². The van der Waals surface area contributed by atoms with Gasteiger partial charge in [-0.1, -0.05) is 18.2 Å². The van der Waals surface area contributed by atoms with E-state index >= 15 is 0 Å². The molecule has 4 nitrogen and oxygen atoms in total. The summed E-state index contributed by atoms with van der Waals surface area (Å²) < 4.78 is 0. The van der Waals surface area contributed by atoms with E-state index in [1.165, 1.54) is 0 Å². The Bertz CT molecular complexity index is 342. The van der Waals surface area contributed by atoms with Gasteiger partial charge in [0.05, 0.1) is 0 Å². The second-order valence-corrected chi connectivity index (χ2v) is 3.18. The van der Waals surface area contributed by atoms with Gasteiger partial charge in [0, 0.05) is 12.2 Å². The molecular formula is C11H20Cl2N4. The number of para-hydroxylation sites is 1. The summed E-state index contributed by atoms with van der Waals surface area (Å²) in [5, 5.41) is 3.07. The molecule has 0 aliphatic heterocycles. The van der Waals surface area contributed by atoms with Gasteiger partial charge in [0.2, 0.25) is 0 Å². The molecule has 5 N–H and O–H groups in total. The average molecular weight is 279 g/mol. The second kappa shape index (κ2) is 10.2. The van der Waals surface area contributed by atoms with E-state index in [4.69, 9.17) is 11.5 Å². The Morgan fingerprint density at radius 2 is 1.94 bits per heavy atom. The highest BCUT2D eigenvalue weighted by molar-refractivity contribution is 5.92. The molecule has 0 aromatic heterocycles. The van der Waals surface area contributed by atoms with Crippen LogP contribution in [0.5, 0.6) is 0 Å². The Hall–Kier alpha value is -0.970. The molecule has 0 fully saturated rings. The van der Waals surface area contributed by atoms with Gasteiger partial charge in [0.1, 0.15) is 0 Å². The number of anilines is 1. The molecule has 0 spiro atoms. The maximum absolute atomic E-state index is 5.69. The Labute approximate surface area is 115 Å². The van der Waals surface area contributed by atoms with Gasteiger partial charge in [-0.3, -0.25) is 4.99 Å². The Balaban J connectivity index is 0. The quantitative estimate of drug-likeness (QED) is 0.581. The molecule has 0 unspecified atom stereocenters. The SMILES string of the molecule is CCN=C(N)Nc1ccccc1CCN.Cl.Cl. The summed E-state index contributed by atoms with van der Waals surface area (Å²) in [6, 6.07) is 7.96. The van der Waals surface area contributed by atoms with Crippen LogP contribution in [-0.2, 0) is 6.42 Å². The van der Waals surface area contributed by atoms with Crippen LogP contribution in [0.3, 0.4) is 0 Å². The third-order valence-corrected chi connectivity index (χ3v) is 2.02. The topological polar surface area (TPSA) is 76.4 Å². The molecule has 98 valence electrons. The van der Waals surface area contributed by atoms with Crippen LogP contribution in [0.15, 0.2) is 29.3 Å². The zero-order chi connectivity index (χ0) is 11.1. The van der Waals surface area contributed by atoms with Gasteiger partial charge in [-0.2, -0.15) is 0 Å². The fourth-order valence-electron chi connectivity index (χ4n) is 1.36. The number of nitrogens with one attached hydrogen (secondary N) is 1. The Morgan fingerprint density at radius 3 is 2.53 bits per heavy atom. The van der Waals surface area contributed by atoms with E-state index in [-0.39, 0.29) is 24.8 Å². The third kappa shape index (κ3) is 6.36. The molecular weight excluding hydrogens is 259 g/mol. The number of nitrogens with zero attached hydrogens (tertiary/aromatic N) is 1. The first-order valence-electron chi connectivity index (χ1n) is 5.12. The Kier molecular flexibility index (Phi) is 11.0. The van der Waals surface area contributed by atoms with Crippen molar-refractivity contribution >= 4 is 36.5 Å². The predicted octanol–water partition coefficient (Wildman–Crippen LogP) is 1.78. The normalized spacial score (nSPS) is 10.1. The number of nitrogens with two attached hydrogens (primary N) is 2. The van der Waals surface area contributed by atoms with E-state index in [9.17, 15) is 0 Å². The lowest BCUT2D eigenvalue weighted by molar-refractivity contribution is 0.970. The van der Waals surface area contributed by atoms with Gasteiger partial charge in [-0.05, 0) is 31.5 Å². The summed E-state index contributed by atoms with van der Waals surface area (Å²) in [5.74, 6) is 0.446. The van der Waals surface area contributed by atoms with Crippen molar-refractivity contribution in [1.29, 1.82) is 0 Å². The highest BCUT2D eigenvalue weighted by Gasteiger charge is 2.00. The van der Waals surface area contributed by atoms with E-state index in [1.54, 1.807) is 0 Å². The summed E-state index contributed by atoms with van der Waals surface area (Å²) >= 11 is 0. The summed E-state index contributed by atoms with van der Waals surface area (Å²) in [4.78, 5) is 4.07. The van der Waals surface area contributed by atoms with Crippen LogP contribution in [0.25, 0.3) is 0 Å². The Morgan fingerprint density at radius 1 is 1.29 bits per heavy atom. The van der Waals surface area contributed by atoms with Crippen molar-refractivity contribution in [2.24, 2.45) is 16.5 Å². The van der Waals surface area contributed by atoms with Crippen molar-refractivity contribution < 1.29 is 0 Å². The molecule has 0 saturated carbocycles. The maximum Gasteiger partial charge on any atom is 0.193 e. The second-order valence-electron chi connectivity index (χ2n) is 3.18. The molecule has 1 aromatic carbocycles. The average Bonchev–Trinajstić information content (AvgIpc) is 2.21. The summed E-state index contributed by atoms with van der Waals surface area (Å²) in [5.41, 5.74) is 13.4. The number of hydrogen-bond donors (Lipinski definition) is 3. The van der Waals surface area contributed by atoms with Crippen LogP contribution in [0.1, 0.15) is 12.5 Å². The van der Waals surface area contributed by atoms with Crippen molar-refractivity contribution in [3.05, 3.63) is 29.8 Å². The van der Waals surface area contributed by atoms with Crippen LogP contribution in [0, 0.1) is 0 Å². The van der Waals surface area contributed by atoms with Crippen LogP contribution in [-0.4, -0.2) is 19.0 Å². The van der Waals surface area contributed by atoms with Gasteiger partial charge in [0.25, 0.3) is 0 Å². The smallest absolute Gasteiger partial charge is 0.193 e. The lowest BCUT2D eigenvalue weighted by Gasteiger charge is -2.10. The molecule has 0 aliphatic rings. The van der Waals surface area contributed by atoms with Crippen molar-refractivity contribution in [2.45, 2.75) is 13.3 Å². The van der Waals surface area contributed by atoms with Gasteiger partial charge in [-0.25, -0.2) is 0 Å². The van der Waals surface area contributed by atoms with Crippen LogP contribution < -0.4 is 16.8 Å². The van der Waals surface area contributed by atoms with Crippen LogP contribution >= 0.6 is 24.8 Å². The van der Waals surface area contributed by atoms with Crippen molar-refractivity contribution in [3.63, 3.8) is 0 Å². The fourth-order valence-corrected chi connectivity index (χ4v) is 1.36. The molecule has 1 rings (SSSR count). The molecule has 0 amide bonds. The number of aliphatic imine (C=N–C) groups is 1. The molecule has 0 aliphatic carbocycles. The summed E-state index contributed by atoms with van der Waals surface area (Å²) in [6.07, 6.45) is 0.836. The molecule has 0 bridgehead atoms. The number of benzene rings is 1. The van der Waals surface area contributed by atoms with E-state index in [1.807, 2.05) is 31.2 Å². The summed E-state index contributed by atoms with van der Waals surface area (Å²) in [7, 11) is 0. The minimum Gasteiger partial charge on any atom is -0.370 e. The molecule has 0 heterocycles. The first kappa shape index (κ1) is 18.4.